The predicted molar refractivity (Wildman–Crippen MR) is 29.2 cm³/mol. The summed E-state index contributed by atoms with van der Waals surface area (Å²) in [5.41, 5.74) is 0. The summed E-state index contributed by atoms with van der Waals surface area (Å²) in [5, 5.41) is 0. The molecule has 0 fully saturated rings. The van der Waals surface area contributed by atoms with Gasteiger partial charge in [0.15, 0.2) is 0 Å². The van der Waals surface area contributed by atoms with Crippen LogP contribution in [0, 0.1) is 0 Å². The first kappa shape index (κ1) is 4.78. The van der Waals surface area contributed by atoms with Crippen molar-refractivity contribution in [2.75, 3.05) is 0 Å². The number of hydrazine groups is 1. The van der Waals surface area contributed by atoms with Crippen molar-refractivity contribution in [3.05, 3.63) is 12.3 Å². The van der Waals surface area contributed by atoms with Crippen molar-refractivity contribution >= 4 is 14.2 Å². The first-order chi connectivity index (χ1) is 3.39. The minimum Gasteiger partial charge on any atom is -0.391 e. The van der Waals surface area contributed by atoms with Crippen molar-refractivity contribution in [1.29, 1.82) is 0 Å². The SMILES string of the molecule is NN1OC=CC=P1. The molecule has 0 aromatic heterocycles. The molecule has 0 saturated carbocycles. The van der Waals surface area contributed by atoms with Crippen LogP contribution in [-0.2, 0) is 4.84 Å². The Bertz CT molecular complexity index is 112. The molecule has 2 N–H and O–H groups in total. The van der Waals surface area contributed by atoms with Gasteiger partial charge in [-0.3, -0.25) is 0 Å². The third-order valence-electron chi connectivity index (χ3n) is 0.514. The molecule has 0 aliphatic carbocycles. The van der Waals surface area contributed by atoms with Crippen molar-refractivity contribution in [1.82, 2.24) is 4.94 Å². The van der Waals surface area contributed by atoms with Gasteiger partial charge in [0.05, 0.1) is 0 Å². The van der Waals surface area contributed by atoms with Gasteiger partial charge in [0.1, 0.15) is 6.26 Å². The number of hydrogen-bond acceptors (Lipinski definition) is 3. The summed E-state index contributed by atoms with van der Waals surface area (Å²) in [4.78, 5) is 5.89. The fourth-order valence-corrected chi connectivity index (χ4v) is 0.652. The molecular formula is C3H5N2OP. The van der Waals surface area contributed by atoms with Gasteiger partial charge in [-0.2, -0.15) is 0 Å². The van der Waals surface area contributed by atoms with Crippen LogP contribution < -0.4 is 5.84 Å². The Kier molecular flexibility index (Phi) is 1.42. The zero-order chi connectivity index (χ0) is 5.11. The van der Waals surface area contributed by atoms with Crippen molar-refractivity contribution < 1.29 is 4.84 Å². The molecule has 0 amide bonds. The summed E-state index contributed by atoms with van der Waals surface area (Å²) in [6.45, 7) is 0. The highest BCUT2D eigenvalue weighted by molar-refractivity contribution is 7.36. The highest BCUT2D eigenvalue weighted by atomic mass is 31.1. The molecule has 0 unspecified atom stereocenters. The monoisotopic (exact) mass is 116 g/mol. The predicted octanol–water partition coefficient (Wildman–Crippen LogP) is 0.284. The first-order valence-corrected chi connectivity index (χ1v) is 2.72. The average Bonchev–Trinajstić information content (AvgIpc) is 1.69. The Morgan fingerprint density at radius 1 is 1.71 bits per heavy atom. The standard InChI is InChI=1S/C3H5N2OP/c4-5-6-2-1-3-7-5/h1-3H,4H2. The van der Waals surface area contributed by atoms with E-state index in [9.17, 15) is 0 Å². The molecule has 0 aromatic carbocycles. The Labute approximate surface area is 43.1 Å². The van der Waals surface area contributed by atoms with E-state index >= 15 is 0 Å². The second kappa shape index (κ2) is 2.07. The van der Waals surface area contributed by atoms with E-state index in [2.05, 4.69) is 4.84 Å². The van der Waals surface area contributed by atoms with Gasteiger partial charge in [-0.15, -0.1) is 0 Å². The summed E-state index contributed by atoms with van der Waals surface area (Å²) in [6, 6.07) is 0. The zero-order valence-electron chi connectivity index (χ0n) is 3.61. The third-order valence-corrected chi connectivity index (χ3v) is 1.14. The summed E-state index contributed by atoms with van der Waals surface area (Å²) in [6.07, 6.45) is 3.32. The van der Waals surface area contributed by atoms with Crippen LogP contribution >= 0.6 is 8.35 Å². The maximum absolute atomic E-state index is 5.15. The van der Waals surface area contributed by atoms with Gasteiger partial charge in [-0.1, -0.05) is 0 Å². The van der Waals surface area contributed by atoms with Gasteiger partial charge in [-0.05, 0) is 16.8 Å². The maximum atomic E-state index is 5.15. The molecule has 38 valence electrons. The summed E-state index contributed by atoms with van der Waals surface area (Å²) in [7, 11) is 0.874. The Morgan fingerprint density at radius 3 is 2.86 bits per heavy atom. The van der Waals surface area contributed by atoms with Crippen LogP contribution in [0.15, 0.2) is 12.3 Å². The van der Waals surface area contributed by atoms with Crippen molar-refractivity contribution in [3.8, 4) is 0 Å². The average molecular weight is 116 g/mol. The molecule has 7 heavy (non-hydrogen) atoms. The molecule has 0 aromatic rings. The second-order valence-corrected chi connectivity index (χ2v) is 1.92. The summed E-state index contributed by atoms with van der Waals surface area (Å²) in [5.74, 6) is 7.03. The molecule has 3 nitrogen and oxygen atoms in total. The minimum absolute atomic E-state index is 0.874. The van der Waals surface area contributed by atoms with E-state index in [1.807, 2.05) is 5.80 Å². The molecule has 0 saturated heterocycles. The lowest BCUT2D eigenvalue weighted by atomic mass is 10.7. The van der Waals surface area contributed by atoms with Gasteiger partial charge in [-0.25, -0.2) is 5.84 Å². The number of hydrogen-bond donors (Lipinski definition) is 1. The van der Waals surface area contributed by atoms with Crippen LogP contribution in [0.1, 0.15) is 0 Å². The normalized spacial score (nSPS) is 21.9. The Hall–Kier alpha value is -0.370. The second-order valence-electron chi connectivity index (χ2n) is 1.00. The Morgan fingerprint density at radius 2 is 2.57 bits per heavy atom. The van der Waals surface area contributed by atoms with Crippen molar-refractivity contribution in [3.63, 3.8) is 0 Å². The molecule has 1 heterocycles. The van der Waals surface area contributed by atoms with Crippen LogP contribution in [0.2, 0.25) is 0 Å². The number of allylic oxidation sites excluding steroid dienone is 1. The lowest BCUT2D eigenvalue weighted by Crippen LogP contribution is -2.19. The van der Waals surface area contributed by atoms with E-state index < -0.39 is 0 Å². The van der Waals surface area contributed by atoms with Gasteiger partial charge in [0.2, 0.25) is 0 Å². The fraction of sp³-hybridized carbons (Fsp3) is 0. The summed E-state index contributed by atoms with van der Waals surface area (Å²) >= 11 is 0. The highest BCUT2D eigenvalue weighted by Crippen LogP contribution is 2.03. The van der Waals surface area contributed by atoms with Crippen molar-refractivity contribution in [2.45, 2.75) is 0 Å². The summed E-state index contributed by atoms with van der Waals surface area (Å²) < 4.78 is 0. The van der Waals surface area contributed by atoms with Gasteiger partial charge >= 0.3 is 0 Å². The van der Waals surface area contributed by atoms with E-state index in [0.717, 1.165) is 8.35 Å². The highest BCUT2D eigenvalue weighted by Gasteiger charge is 1.89. The van der Waals surface area contributed by atoms with Gasteiger partial charge in [0, 0.05) is 8.35 Å². The smallest absolute Gasteiger partial charge is 0.114 e. The van der Waals surface area contributed by atoms with Crippen LogP contribution in [0.4, 0.5) is 0 Å². The number of nitrogens with zero attached hydrogens (tertiary/aromatic N) is 1. The molecular weight excluding hydrogens is 111 g/mol. The lowest BCUT2D eigenvalue weighted by Gasteiger charge is -2.08. The number of rotatable bonds is 0. The molecule has 0 atom stereocenters. The molecule has 1 aliphatic rings. The third kappa shape index (κ3) is 1.27. The van der Waals surface area contributed by atoms with Crippen LogP contribution in [0.5, 0.6) is 0 Å². The van der Waals surface area contributed by atoms with Gasteiger partial charge in [0.25, 0.3) is 0 Å². The van der Waals surface area contributed by atoms with Crippen molar-refractivity contribution in [2.24, 2.45) is 5.84 Å². The van der Waals surface area contributed by atoms with E-state index in [1.54, 1.807) is 6.08 Å². The fourth-order valence-electron chi connectivity index (χ4n) is 0.264. The molecule has 0 spiro atoms. The lowest BCUT2D eigenvalue weighted by molar-refractivity contribution is -0.00704. The molecule has 4 heteroatoms. The molecule has 0 radical (unpaired) electrons. The quantitative estimate of drug-likeness (QED) is 0.365. The Balaban J connectivity index is 2.49. The first-order valence-electron chi connectivity index (χ1n) is 1.80. The zero-order valence-corrected chi connectivity index (χ0v) is 4.51. The van der Waals surface area contributed by atoms with E-state index in [4.69, 9.17) is 5.84 Å². The van der Waals surface area contributed by atoms with E-state index in [0.29, 0.717) is 0 Å². The van der Waals surface area contributed by atoms with Gasteiger partial charge < -0.3 is 4.84 Å². The van der Waals surface area contributed by atoms with Crippen LogP contribution in [-0.4, -0.2) is 10.7 Å². The number of nitrogens with two attached hydrogens (primary N) is 1. The van der Waals surface area contributed by atoms with Crippen LogP contribution in [0.3, 0.4) is 0 Å². The van der Waals surface area contributed by atoms with Crippen LogP contribution in [0.25, 0.3) is 0 Å². The van der Waals surface area contributed by atoms with E-state index in [-0.39, 0.29) is 0 Å². The maximum Gasteiger partial charge on any atom is 0.114 e. The molecule has 1 rings (SSSR count). The molecule has 1 aliphatic heterocycles. The topological polar surface area (TPSA) is 38.5 Å². The largest absolute Gasteiger partial charge is 0.391 e. The molecule has 0 bridgehead atoms. The minimum atomic E-state index is 0.874. The van der Waals surface area contributed by atoms with E-state index in [1.165, 1.54) is 11.2 Å².